The van der Waals surface area contributed by atoms with Crippen molar-refractivity contribution in [3.05, 3.63) is 77.4 Å². The molecule has 0 radical (unpaired) electrons. The highest BCUT2D eigenvalue weighted by atomic mass is 16.6. The molecule has 8 nitrogen and oxygen atoms in total. The fraction of sp³-hybridized carbons (Fsp3) is 0.324. The number of carbonyl (C=O) groups excluding carboxylic acids is 3. The van der Waals surface area contributed by atoms with E-state index in [9.17, 15) is 14.4 Å². The Hall–Kier alpha value is -4.95. The van der Waals surface area contributed by atoms with Crippen LogP contribution in [0.15, 0.2) is 66.3 Å². The Balaban J connectivity index is 1.31. The molecule has 2 aromatic carbocycles. The average molecular weight is 564 g/mol. The first kappa shape index (κ1) is 27.2. The molecule has 2 aliphatic heterocycles. The molecule has 0 aromatic heterocycles. The first-order valence-electron chi connectivity index (χ1n) is 13.9. The number of ether oxygens (including phenoxy) is 4. The number of fused-ring (bicyclic) bond motifs is 3. The van der Waals surface area contributed by atoms with Gasteiger partial charge in [-0.2, -0.15) is 0 Å². The quantitative estimate of drug-likeness (QED) is 0.219. The Morgan fingerprint density at radius 2 is 1.79 bits per heavy atom. The molecule has 0 spiro atoms. The highest BCUT2D eigenvalue weighted by Gasteiger charge is 2.54. The van der Waals surface area contributed by atoms with E-state index in [2.05, 4.69) is 30.6 Å². The molecule has 4 bridgehead atoms. The molecule has 0 N–H and O–H groups in total. The number of carbonyl (C=O) groups is 3. The SMILES string of the molecule is COc1ccc2c(c1)C1=C3[C@@H](C)[C@H]4COC(=O)[C@H]4[C@H]1C#C/C=C\C#C[C@@H]3N2C(=O)OCCCOC(=O)c1ccccc1. The van der Waals surface area contributed by atoms with Gasteiger partial charge in [-0.1, -0.05) is 48.8 Å². The number of esters is 2. The number of allylic oxidation sites excluding steroid dienone is 3. The van der Waals surface area contributed by atoms with Crippen LogP contribution in [0, 0.1) is 47.4 Å². The minimum atomic E-state index is -0.636. The van der Waals surface area contributed by atoms with E-state index in [4.69, 9.17) is 18.9 Å². The first-order valence-corrected chi connectivity index (χ1v) is 13.9. The number of methoxy groups -OCH3 is 1. The topological polar surface area (TPSA) is 91.4 Å². The summed E-state index contributed by atoms with van der Waals surface area (Å²) >= 11 is 0. The van der Waals surface area contributed by atoms with Crippen molar-refractivity contribution in [2.24, 2.45) is 23.7 Å². The van der Waals surface area contributed by atoms with Gasteiger partial charge >= 0.3 is 18.0 Å². The molecule has 4 aliphatic rings. The van der Waals surface area contributed by atoms with Crippen LogP contribution in [0.3, 0.4) is 0 Å². The van der Waals surface area contributed by atoms with Crippen LogP contribution in [0.25, 0.3) is 5.57 Å². The Morgan fingerprint density at radius 1 is 1.02 bits per heavy atom. The summed E-state index contributed by atoms with van der Waals surface area (Å²) in [7, 11) is 1.58. The van der Waals surface area contributed by atoms with Crippen LogP contribution in [0.4, 0.5) is 10.5 Å². The van der Waals surface area contributed by atoms with E-state index in [1.54, 1.807) is 54.5 Å². The van der Waals surface area contributed by atoms with Gasteiger partial charge in [-0.25, -0.2) is 9.59 Å². The fourth-order valence-corrected chi connectivity index (χ4v) is 6.26. The van der Waals surface area contributed by atoms with Crippen LogP contribution in [0.5, 0.6) is 5.75 Å². The second-order valence-corrected chi connectivity index (χ2v) is 10.5. The maximum atomic E-state index is 13.8. The molecule has 1 saturated heterocycles. The second kappa shape index (κ2) is 11.5. The Labute approximate surface area is 244 Å². The van der Waals surface area contributed by atoms with Crippen LogP contribution in [-0.4, -0.2) is 51.0 Å². The molecule has 1 amide bonds. The van der Waals surface area contributed by atoms with E-state index < -0.39 is 29.9 Å². The standard InChI is InChI=1S/C34H29NO7/c1-21-26-20-42-33(37)31(26)24-13-8-3-4-9-14-28-29(21)30(24)25-19-23(39-2)15-16-27(25)35(28)34(38)41-18-10-17-40-32(36)22-11-6-5-7-12-22/h3-7,11-12,15-16,19,21,24,26,28,31H,10,17-18,20H2,1-2H3/b4-3-/t21-,24-,26+,28-,31-/m0/s1. The molecule has 0 unspecified atom stereocenters. The van der Waals surface area contributed by atoms with Gasteiger partial charge in [-0.05, 0) is 59.5 Å². The summed E-state index contributed by atoms with van der Waals surface area (Å²) < 4.78 is 22.2. The van der Waals surface area contributed by atoms with Crippen LogP contribution in [0.2, 0.25) is 0 Å². The van der Waals surface area contributed by atoms with Gasteiger partial charge in [-0.3, -0.25) is 9.69 Å². The van der Waals surface area contributed by atoms with Crippen molar-refractivity contribution in [1.29, 1.82) is 0 Å². The number of nitrogens with zero attached hydrogens (tertiary/aromatic N) is 1. The van der Waals surface area contributed by atoms with E-state index in [-0.39, 0.29) is 31.0 Å². The Bertz CT molecular complexity index is 1620. The lowest BCUT2D eigenvalue weighted by molar-refractivity contribution is -0.141. The smallest absolute Gasteiger partial charge is 0.415 e. The van der Waals surface area contributed by atoms with Crippen molar-refractivity contribution < 1.29 is 33.3 Å². The summed E-state index contributed by atoms with van der Waals surface area (Å²) in [6.45, 7) is 2.51. The van der Waals surface area contributed by atoms with Crippen molar-refractivity contribution in [3.8, 4) is 29.4 Å². The largest absolute Gasteiger partial charge is 0.497 e. The van der Waals surface area contributed by atoms with Crippen molar-refractivity contribution in [2.45, 2.75) is 19.4 Å². The van der Waals surface area contributed by atoms with Crippen molar-refractivity contribution in [2.75, 3.05) is 31.8 Å². The lowest BCUT2D eigenvalue weighted by Crippen LogP contribution is -2.50. The summed E-state index contributed by atoms with van der Waals surface area (Å²) in [6, 6.07) is 13.6. The normalized spacial score (nSPS) is 25.3. The van der Waals surface area contributed by atoms with Gasteiger partial charge in [0.05, 0.1) is 50.0 Å². The zero-order chi connectivity index (χ0) is 29.2. The third kappa shape index (κ3) is 4.80. The number of hydrogen-bond acceptors (Lipinski definition) is 7. The van der Waals surface area contributed by atoms with Gasteiger partial charge in [0, 0.05) is 17.9 Å². The number of benzene rings is 2. The van der Waals surface area contributed by atoms with Crippen molar-refractivity contribution >= 4 is 29.3 Å². The van der Waals surface area contributed by atoms with E-state index in [0.717, 1.165) is 16.7 Å². The number of amides is 1. The van der Waals surface area contributed by atoms with Crippen molar-refractivity contribution in [1.82, 2.24) is 0 Å². The molecule has 1 fully saturated rings. The highest BCUT2D eigenvalue weighted by Crippen LogP contribution is 2.55. The molecule has 2 aromatic rings. The lowest BCUT2D eigenvalue weighted by atomic mass is 9.61. The Kier molecular flexibility index (Phi) is 7.46. The number of rotatable bonds is 6. The van der Waals surface area contributed by atoms with Gasteiger partial charge in [-0.15, -0.1) is 0 Å². The summed E-state index contributed by atoms with van der Waals surface area (Å²) in [6.07, 6.45) is 3.07. The minimum Gasteiger partial charge on any atom is -0.497 e. The van der Waals surface area contributed by atoms with E-state index in [1.165, 1.54) is 0 Å². The highest BCUT2D eigenvalue weighted by molar-refractivity contribution is 6.00. The van der Waals surface area contributed by atoms with Crippen LogP contribution >= 0.6 is 0 Å². The van der Waals surface area contributed by atoms with Gasteiger partial charge in [0.2, 0.25) is 0 Å². The third-order valence-electron chi connectivity index (χ3n) is 8.23. The van der Waals surface area contributed by atoms with E-state index in [1.807, 2.05) is 18.2 Å². The third-order valence-corrected chi connectivity index (χ3v) is 8.23. The monoisotopic (exact) mass is 563 g/mol. The predicted molar refractivity (Wildman–Crippen MR) is 154 cm³/mol. The molecule has 2 aliphatic carbocycles. The minimum absolute atomic E-state index is 0.0472. The summed E-state index contributed by atoms with van der Waals surface area (Å²) in [5.41, 5.74) is 3.65. The maximum Gasteiger partial charge on any atom is 0.415 e. The molecular formula is C34H29NO7. The molecule has 8 heteroatoms. The number of cyclic esters (lactones) is 1. The first-order chi connectivity index (χ1) is 20.5. The van der Waals surface area contributed by atoms with Crippen LogP contribution in [-0.2, 0) is 19.0 Å². The summed E-state index contributed by atoms with van der Waals surface area (Å²) in [5.74, 6) is 11.6. The average Bonchev–Trinajstić information content (AvgIpc) is 3.40. The van der Waals surface area contributed by atoms with E-state index >= 15 is 0 Å². The maximum absolute atomic E-state index is 13.8. The van der Waals surface area contributed by atoms with Gasteiger partial charge in [0.15, 0.2) is 0 Å². The zero-order valence-corrected chi connectivity index (χ0v) is 23.3. The van der Waals surface area contributed by atoms with Gasteiger partial charge in [0.25, 0.3) is 0 Å². The van der Waals surface area contributed by atoms with Gasteiger partial charge < -0.3 is 18.9 Å². The molecule has 212 valence electrons. The molecule has 5 atom stereocenters. The van der Waals surface area contributed by atoms with Gasteiger partial charge in [0.1, 0.15) is 11.8 Å². The van der Waals surface area contributed by atoms with Crippen molar-refractivity contribution in [3.63, 3.8) is 0 Å². The van der Waals surface area contributed by atoms with E-state index in [0.29, 0.717) is 30.0 Å². The summed E-state index contributed by atoms with van der Waals surface area (Å²) in [5, 5.41) is 0. The molecule has 2 heterocycles. The van der Waals surface area contributed by atoms with Crippen LogP contribution < -0.4 is 9.64 Å². The van der Waals surface area contributed by atoms with Crippen LogP contribution in [0.1, 0.15) is 29.3 Å². The molecule has 6 rings (SSSR count). The molecule has 0 saturated carbocycles. The second-order valence-electron chi connectivity index (χ2n) is 10.5. The Morgan fingerprint density at radius 3 is 2.57 bits per heavy atom. The zero-order valence-electron chi connectivity index (χ0n) is 23.3. The number of hydrogen-bond donors (Lipinski definition) is 0. The molecular weight excluding hydrogens is 534 g/mol. The lowest BCUT2D eigenvalue weighted by Gasteiger charge is -2.46. The fourth-order valence-electron chi connectivity index (χ4n) is 6.26. The molecule has 42 heavy (non-hydrogen) atoms. The predicted octanol–water partition coefficient (Wildman–Crippen LogP) is 4.65. The number of anilines is 1. The summed E-state index contributed by atoms with van der Waals surface area (Å²) in [4.78, 5) is 40.6.